The lowest BCUT2D eigenvalue weighted by atomic mass is 10.2. The van der Waals surface area contributed by atoms with Crippen molar-refractivity contribution in [2.24, 2.45) is 0 Å². The predicted octanol–water partition coefficient (Wildman–Crippen LogP) is 9.90. The molecule has 0 aromatic heterocycles. The molecule has 0 saturated heterocycles. The standard InChI is InChI=1S/2C21H21P.2BrH/c2*1-16-4-10-19(11-5-16)22(20-12-6-17(2)7-13-20)21-14-8-18(3)9-15-21;;/h2*4-15H,1-3H3;2*1H. The number of hydrogen-bond donors (Lipinski definition) is 0. The Bertz CT molecular complexity index is 1410. The first-order valence-corrected chi connectivity index (χ1v) is 18.0. The fourth-order valence-corrected chi connectivity index (χ4v) is 9.53. The highest BCUT2D eigenvalue weighted by molar-refractivity contribution is 8.93. The van der Waals surface area contributed by atoms with E-state index in [4.69, 9.17) is 0 Å². The minimum Gasteiger partial charge on any atom is -0.114 e. The lowest BCUT2D eigenvalue weighted by Crippen LogP contribution is -2.20. The number of benzene rings is 6. The lowest BCUT2D eigenvalue weighted by Gasteiger charge is -2.20. The van der Waals surface area contributed by atoms with Gasteiger partial charge in [0.05, 0.1) is 0 Å². The molecule has 0 aliphatic rings. The van der Waals surface area contributed by atoms with Crippen LogP contribution in [0.25, 0.3) is 0 Å². The van der Waals surface area contributed by atoms with Crippen molar-refractivity contribution in [3.05, 3.63) is 179 Å². The van der Waals surface area contributed by atoms with Gasteiger partial charge in [0, 0.05) is 0 Å². The van der Waals surface area contributed by atoms with E-state index in [-0.39, 0.29) is 34.0 Å². The van der Waals surface area contributed by atoms with Gasteiger partial charge in [0.2, 0.25) is 0 Å². The predicted molar refractivity (Wildman–Crippen MR) is 219 cm³/mol. The first-order chi connectivity index (χ1) is 21.3. The Balaban J connectivity index is 0.000000240. The molecular weight excluding hydrogens is 726 g/mol. The highest BCUT2D eigenvalue weighted by Crippen LogP contribution is 2.34. The molecule has 236 valence electrons. The molecule has 4 heteroatoms. The SMILES string of the molecule is Br.Br.Cc1ccc(P(c2ccc(C)cc2)c2ccc(C)cc2)cc1.Cc1ccc(P(c2ccc(C)cc2)c2ccc(C)cc2)cc1. The van der Waals surface area contributed by atoms with Crippen LogP contribution in [0.1, 0.15) is 33.4 Å². The third kappa shape index (κ3) is 10.1. The van der Waals surface area contributed by atoms with Crippen LogP contribution in [-0.2, 0) is 0 Å². The van der Waals surface area contributed by atoms with Gasteiger partial charge < -0.3 is 0 Å². The van der Waals surface area contributed by atoms with Crippen LogP contribution in [0.3, 0.4) is 0 Å². The Morgan fingerprint density at radius 2 is 0.326 bits per heavy atom. The molecular formula is C42H44Br2P2. The summed E-state index contributed by atoms with van der Waals surface area (Å²) in [6.45, 7) is 12.9. The van der Waals surface area contributed by atoms with Gasteiger partial charge in [-0.3, -0.25) is 0 Å². The van der Waals surface area contributed by atoms with Gasteiger partial charge in [-0.15, -0.1) is 34.0 Å². The molecule has 0 aliphatic carbocycles. The Labute approximate surface area is 300 Å². The maximum Gasteiger partial charge on any atom is -0.0134 e. The van der Waals surface area contributed by atoms with Gasteiger partial charge in [0.25, 0.3) is 0 Å². The van der Waals surface area contributed by atoms with E-state index < -0.39 is 15.8 Å². The molecule has 0 fully saturated rings. The molecule has 6 rings (SSSR count). The fourth-order valence-electron chi connectivity index (χ4n) is 5.06. The minimum atomic E-state index is -0.483. The first-order valence-electron chi connectivity index (χ1n) is 15.3. The summed E-state index contributed by atoms with van der Waals surface area (Å²) in [4.78, 5) is 0. The van der Waals surface area contributed by atoms with E-state index in [0.29, 0.717) is 0 Å². The molecule has 0 spiro atoms. The van der Waals surface area contributed by atoms with Gasteiger partial charge in [-0.25, -0.2) is 0 Å². The van der Waals surface area contributed by atoms with E-state index >= 15 is 0 Å². The summed E-state index contributed by atoms with van der Waals surface area (Å²) < 4.78 is 0. The van der Waals surface area contributed by atoms with Crippen molar-refractivity contribution >= 4 is 81.6 Å². The zero-order valence-electron chi connectivity index (χ0n) is 27.6. The second-order valence-corrected chi connectivity index (χ2v) is 16.1. The number of aryl methyl sites for hydroxylation is 6. The van der Waals surface area contributed by atoms with E-state index in [9.17, 15) is 0 Å². The molecule has 0 bridgehead atoms. The van der Waals surface area contributed by atoms with Crippen LogP contribution in [0.5, 0.6) is 0 Å². The van der Waals surface area contributed by atoms with E-state index in [2.05, 4.69) is 187 Å². The summed E-state index contributed by atoms with van der Waals surface area (Å²) in [5.41, 5.74) is 7.87. The summed E-state index contributed by atoms with van der Waals surface area (Å²) >= 11 is 0. The third-order valence-corrected chi connectivity index (χ3v) is 12.6. The van der Waals surface area contributed by atoms with Gasteiger partial charge >= 0.3 is 0 Å². The smallest absolute Gasteiger partial charge is 0.0134 e. The van der Waals surface area contributed by atoms with E-state index in [1.54, 1.807) is 0 Å². The molecule has 0 atom stereocenters. The molecule has 0 N–H and O–H groups in total. The van der Waals surface area contributed by atoms with E-state index in [0.717, 1.165) is 0 Å². The van der Waals surface area contributed by atoms with Crippen molar-refractivity contribution in [1.29, 1.82) is 0 Å². The summed E-state index contributed by atoms with van der Waals surface area (Å²) in [6, 6.07) is 53.9. The Morgan fingerprint density at radius 1 is 0.217 bits per heavy atom. The zero-order valence-corrected chi connectivity index (χ0v) is 32.8. The molecule has 0 saturated carbocycles. The van der Waals surface area contributed by atoms with Crippen molar-refractivity contribution in [3.8, 4) is 0 Å². The van der Waals surface area contributed by atoms with Crippen molar-refractivity contribution in [2.45, 2.75) is 41.5 Å². The third-order valence-electron chi connectivity index (χ3n) is 7.75. The molecule has 0 amide bonds. The molecule has 0 unspecified atom stereocenters. The van der Waals surface area contributed by atoms with Gasteiger partial charge in [0.1, 0.15) is 0 Å². The highest BCUT2D eigenvalue weighted by Gasteiger charge is 2.17. The maximum absolute atomic E-state index is 2.28. The van der Waals surface area contributed by atoms with Gasteiger partial charge in [-0.05, 0) is 89.2 Å². The summed E-state index contributed by atoms with van der Waals surface area (Å²) in [7, 11) is -0.966. The average molecular weight is 771 g/mol. The van der Waals surface area contributed by atoms with Crippen LogP contribution in [0.4, 0.5) is 0 Å². The molecule has 0 nitrogen and oxygen atoms in total. The van der Waals surface area contributed by atoms with Crippen LogP contribution in [0, 0.1) is 41.5 Å². The molecule has 6 aromatic rings. The first kappa shape index (κ1) is 37.6. The Kier molecular flexibility index (Phi) is 14.6. The van der Waals surface area contributed by atoms with Gasteiger partial charge in [-0.1, -0.05) is 179 Å². The van der Waals surface area contributed by atoms with Crippen molar-refractivity contribution in [2.75, 3.05) is 0 Å². The van der Waals surface area contributed by atoms with E-state index in [1.165, 1.54) is 65.2 Å². The van der Waals surface area contributed by atoms with Gasteiger partial charge in [0.15, 0.2) is 0 Å². The van der Waals surface area contributed by atoms with Crippen molar-refractivity contribution in [1.82, 2.24) is 0 Å². The van der Waals surface area contributed by atoms with Crippen molar-refractivity contribution < 1.29 is 0 Å². The Morgan fingerprint density at radius 3 is 0.435 bits per heavy atom. The minimum absolute atomic E-state index is 0. The zero-order chi connectivity index (χ0) is 31.1. The summed E-state index contributed by atoms with van der Waals surface area (Å²) in [6.07, 6.45) is 0. The quantitative estimate of drug-likeness (QED) is 0.148. The fraction of sp³-hybridized carbons (Fsp3) is 0.143. The Hall–Kier alpha value is -2.86. The largest absolute Gasteiger partial charge is 0.114 e. The molecule has 0 radical (unpaired) electrons. The van der Waals surface area contributed by atoms with Crippen LogP contribution in [0.15, 0.2) is 146 Å². The van der Waals surface area contributed by atoms with Crippen LogP contribution in [0.2, 0.25) is 0 Å². The van der Waals surface area contributed by atoms with Crippen LogP contribution < -0.4 is 31.8 Å². The van der Waals surface area contributed by atoms with E-state index in [1.807, 2.05) is 0 Å². The number of halogens is 2. The second-order valence-electron chi connectivity index (χ2n) is 11.7. The van der Waals surface area contributed by atoms with Gasteiger partial charge in [-0.2, -0.15) is 0 Å². The average Bonchev–Trinajstić information content (AvgIpc) is 3.03. The summed E-state index contributed by atoms with van der Waals surface area (Å²) in [5.74, 6) is 0. The van der Waals surface area contributed by atoms with Crippen LogP contribution >= 0.6 is 49.8 Å². The number of rotatable bonds is 6. The molecule has 0 aliphatic heterocycles. The highest BCUT2D eigenvalue weighted by atomic mass is 79.9. The normalized spacial score (nSPS) is 10.4. The van der Waals surface area contributed by atoms with Crippen LogP contribution in [-0.4, -0.2) is 0 Å². The van der Waals surface area contributed by atoms with Crippen molar-refractivity contribution in [3.63, 3.8) is 0 Å². The summed E-state index contributed by atoms with van der Waals surface area (Å²) in [5, 5.41) is 8.46. The lowest BCUT2D eigenvalue weighted by molar-refractivity contribution is 1.48. The second kappa shape index (κ2) is 17.9. The maximum atomic E-state index is 2.28. The molecule has 6 aromatic carbocycles. The number of hydrogen-bond acceptors (Lipinski definition) is 0. The molecule has 0 heterocycles. The topological polar surface area (TPSA) is 0 Å². The monoisotopic (exact) mass is 768 g/mol. The molecule has 46 heavy (non-hydrogen) atoms.